The highest BCUT2D eigenvalue weighted by molar-refractivity contribution is 7.89. The molecular weight excluding hydrogens is 436 g/mol. The molecule has 0 saturated carbocycles. The van der Waals surface area contributed by atoms with E-state index in [1.807, 2.05) is 19.9 Å². The van der Waals surface area contributed by atoms with Crippen molar-refractivity contribution in [2.24, 2.45) is 0 Å². The molecule has 0 radical (unpaired) electrons. The molecule has 8 nitrogen and oxygen atoms in total. The predicted octanol–water partition coefficient (Wildman–Crippen LogP) is 4.04. The Bertz CT molecular complexity index is 1400. The number of carbonyl (C=O) groups excluding carboxylic acids is 1. The van der Waals surface area contributed by atoms with Crippen molar-refractivity contribution in [2.45, 2.75) is 25.7 Å². The van der Waals surface area contributed by atoms with Crippen LogP contribution in [0.1, 0.15) is 25.8 Å². The van der Waals surface area contributed by atoms with Gasteiger partial charge in [0.15, 0.2) is 0 Å². The number of sulfonamides is 1. The summed E-state index contributed by atoms with van der Waals surface area (Å²) in [5.74, 6) is -0.367. The zero-order valence-electron chi connectivity index (χ0n) is 17.3. The molecular formula is C21H20N4O4S2. The molecule has 0 spiro atoms. The first kappa shape index (κ1) is 21.2. The van der Waals surface area contributed by atoms with Gasteiger partial charge < -0.3 is 9.84 Å². The maximum atomic E-state index is 13.2. The van der Waals surface area contributed by atoms with Gasteiger partial charge in [-0.2, -0.15) is 0 Å². The molecule has 0 aliphatic rings. The van der Waals surface area contributed by atoms with Gasteiger partial charge in [0.2, 0.25) is 10.0 Å². The number of anilines is 1. The Morgan fingerprint density at radius 1 is 1.10 bits per heavy atom. The van der Waals surface area contributed by atoms with Crippen molar-refractivity contribution < 1.29 is 17.7 Å². The summed E-state index contributed by atoms with van der Waals surface area (Å²) in [5.41, 5.74) is 3.27. The van der Waals surface area contributed by atoms with Crippen LogP contribution >= 0.6 is 11.3 Å². The van der Waals surface area contributed by atoms with Gasteiger partial charge in [-0.1, -0.05) is 5.16 Å². The molecule has 2 N–H and O–H groups in total. The van der Waals surface area contributed by atoms with Crippen molar-refractivity contribution in [1.82, 2.24) is 14.9 Å². The third-order valence-corrected chi connectivity index (χ3v) is 7.27. The van der Waals surface area contributed by atoms with Gasteiger partial charge in [-0.15, -0.1) is 11.3 Å². The number of aryl methyl sites for hydroxylation is 3. The molecule has 1 aromatic carbocycles. The van der Waals surface area contributed by atoms with Crippen LogP contribution in [0, 0.1) is 20.8 Å². The van der Waals surface area contributed by atoms with Crippen LogP contribution in [0.5, 0.6) is 0 Å². The number of hydrogen-bond donors (Lipinski definition) is 2. The second kappa shape index (κ2) is 7.88. The molecule has 0 aliphatic carbocycles. The number of aromatic nitrogens is 2. The first-order valence-corrected chi connectivity index (χ1v) is 11.7. The Morgan fingerprint density at radius 2 is 1.81 bits per heavy atom. The number of thiophene rings is 1. The molecule has 4 aromatic rings. The molecule has 0 aliphatic heterocycles. The van der Waals surface area contributed by atoms with Crippen LogP contribution in [0.3, 0.4) is 0 Å². The van der Waals surface area contributed by atoms with Crippen molar-refractivity contribution in [3.05, 3.63) is 57.4 Å². The molecule has 0 fully saturated rings. The van der Waals surface area contributed by atoms with Gasteiger partial charge in [0.05, 0.1) is 27.2 Å². The van der Waals surface area contributed by atoms with E-state index < -0.39 is 10.0 Å². The van der Waals surface area contributed by atoms with E-state index >= 15 is 0 Å². The monoisotopic (exact) mass is 456 g/mol. The predicted molar refractivity (Wildman–Crippen MR) is 120 cm³/mol. The minimum Gasteiger partial charge on any atom is -0.335 e. The summed E-state index contributed by atoms with van der Waals surface area (Å²) in [5, 5.41) is 7.32. The highest BCUT2D eigenvalue weighted by Gasteiger charge is 2.21. The SMILES string of the molecule is CNS(=O)(=O)c1ccc(NC(=O)c2cc(-c3cc(C)sc3C)nc3onc(C)c23)cc1. The van der Waals surface area contributed by atoms with Crippen molar-refractivity contribution in [2.75, 3.05) is 12.4 Å². The normalized spacial score (nSPS) is 11.7. The van der Waals surface area contributed by atoms with E-state index in [9.17, 15) is 13.2 Å². The fraction of sp³-hybridized carbons (Fsp3) is 0.190. The third kappa shape index (κ3) is 3.97. The quantitative estimate of drug-likeness (QED) is 0.468. The molecule has 3 aromatic heterocycles. The molecule has 0 unspecified atom stereocenters. The van der Waals surface area contributed by atoms with Crippen molar-refractivity contribution in [1.29, 1.82) is 0 Å². The summed E-state index contributed by atoms with van der Waals surface area (Å²) >= 11 is 1.66. The molecule has 160 valence electrons. The minimum absolute atomic E-state index is 0.111. The summed E-state index contributed by atoms with van der Waals surface area (Å²) in [6.45, 7) is 5.77. The van der Waals surface area contributed by atoms with E-state index in [1.54, 1.807) is 24.3 Å². The van der Waals surface area contributed by atoms with Gasteiger partial charge in [0.1, 0.15) is 0 Å². The van der Waals surface area contributed by atoms with Gasteiger partial charge in [-0.3, -0.25) is 4.79 Å². The van der Waals surface area contributed by atoms with Crippen LogP contribution in [0.4, 0.5) is 5.69 Å². The Kier molecular flexibility index (Phi) is 5.38. The Hall–Kier alpha value is -3.08. The van der Waals surface area contributed by atoms with Crippen LogP contribution in [0.25, 0.3) is 22.4 Å². The molecule has 31 heavy (non-hydrogen) atoms. The van der Waals surface area contributed by atoms with Crippen LogP contribution in [0.15, 0.2) is 45.8 Å². The topological polar surface area (TPSA) is 114 Å². The van der Waals surface area contributed by atoms with Crippen LogP contribution in [-0.2, 0) is 10.0 Å². The van der Waals surface area contributed by atoms with E-state index in [4.69, 9.17) is 4.52 Å². The first-order chi connectivity index (χ1) is 14.7. The van der Waals surface area contributed by atoms with E-state index in [-0.39, 0.29) is 10.8 Å². The van der Waals surface area contributed by atoms with Crippen molar-refractivity contribution >= 4 is 44.1 Å². The molecule has 3 heterocycles. The summed E-state index contributed by atoms with van der Waals surface area (Å²) in [7, 11) is -2.21. The highest BCUT2D eigenvalue weighted by Crippen LogP contribution is 2.33. The summed E-state index contributed by atoms with van der Waals surface area (Å²) in [6, 6.07) is 9.69. The van der Waals surface area contributed by atoms with Crippen LogP contribution < -0.4 is 10.0 Å². The van der Waals surface area contributed by atoms with Crippen molar-refractivity contribution in [3.63, 3.8) is 0 Å². The zero-order chi connectivity index (χ0) is 22.3. The largest absolute Gasteiger partial charge is 0.335 e. The van der Waals surface area contributed by atoms with Crippen LogP contribution in [-0.4, -0.2) is 31.5 Å². The number of amides is 1. The molecule has 0 atom stereocenters. The van der Waals surface area contributed by atoms with Gasteiger partial charge in [0, 0.05) is 21.0 Å². The maximum absolute atomic E-state index is 13.2. The number of carbonyl (C=O) groups is 1. The van der Waals surface area contributed by atoms with E-state index in [0.717, 1.165) is 15.3 Å². The molecule has 0 saturated heterocycles. The maximum Gasteiger partial charge on any atom is 0.259 e. The van der Waals surface area contributed by atoms with E-state index in [1.165, 1.54) is 31.3 Å². The zero-order valence-corrected chi connectivity index (χ0v) is 18.9. The fourth-order valence-electron chi connectivity index (χ4n) is 3.33. The number of benzene rings is 1. The van der Waals surface area contributed by atoms with E-state index in [0.29, 0.717) is 33.7 Å². The molecule has 10 heteroatoms. The summed E-state index contributed by atoms with van der Waals surface area (Å²) in [6.07, 6.45) is 0. The van der Waals surface area contributed by atoms with Gasteiger partial charge in [0.25, 0.3) is 11.6 Å². The third-order valence-electron chi connectivity index (χ3n) is 4.87. The average Bonchev–Trinajstić information content (AvgIpc) is 3.29. The van der Waals surface area contributed by atoms with Crippen LogP contribution in [0.2, 0.25) is 0 Å². The summed E-state index contributed by atoms with van der Waals surface area (Å²) < 4.78 is 31.4. The average molecular weight is 457 g/mol. The highest BCUT2D eigenvalue weighted by atomic mass is 32.2. The lowest BCUT2D eigenvalue weighted by Gasteiger charge is -2.09. The number of nitrogens with zero attached hydrogens (tertiary/aromatic N) is 2. The molecule has 0 bridgehead atoms. The second-order valence-electron chi connectivity index (χ2n) is 7.02. The smallest absolute Gasteiger partial charge is 0.259 e. The standard InChI is InChI=1S/C21H20N4O4S2/c1-11-9-16(13(3)30-11)18-10-17(19-12(2)25-29-21(19)24-18)20(26)23-14-5-7-15(8-6-14)31(27,28)22-4/h5-10,22H,1-4H3,(H,23,26). The number of rotatable bonds is 5. The number of fused-ring (bicyclic) bond motifs is 1. The Labute approximate surface area is 183 Å². The van der Waals surface area contributed by atoms with Crippen molar-refractivity contribution in [3.8, 4) is 11.3 Å². The lowest BCUT2D eigenvalue weighted by atomic mass is 10.1. The lowest BCUT2D eigenvalue weighted by molar-refractivity contribution is 0.102. The number of pyridine rings is 1. The first-order valence-electron chi connectivity index (χ1n) is 9.39. The second-order valence-corrected chi connectivity index (χ2v) is 10.4. The Balaban J connectivity index is 1.73. The van der Waals surface area contributed by atoms with E-state index in [2.05, 4.69) is 20.2 Å². The number of hydrogen-bond acceptors (Lipinski definition) is 7. The molecule has 4 rings (SSSR count). The minimum atomic E-state index is -3.55. The fourth-order valence-corrected chi connectivity index (χ4v) is 4.99. The summed E-state index contributed by atoms with van der Waals surface area (Å²) in [4.78, 5) is 20.1. The molecule has 1 amide bonds. The van der Waals surface area contributed by atoms with Gasteiger partial charge in [-0.05, 0) is 64.2 Å². The lowest BCUT2D eigenvalue weighted by Crippen LogP contribution is -2.18. The van der Waals surface area contributed by atoms with Gasteiger partial charge >= 0.3 is 0 Å². The Morgan fingerprint density at radius 3 is 2.42 bits per heavy atom. The van der Waals surface area contributed by atoms with Gasteiger partial charge in [-0.25, -0.2) is 18.1 Å². The number of nitrogens with one attached hydrogen (secondary N) is 2.